The van der Waals surface area contributed by atoms with Crippen molar-refractivity contribution in [3.8, 4) is 11.1 Å². The molecule has 0 saturated carbocycles. The highest BCUT2D eigenvalue weighted by Crippen LogP contribution is 2.28. The zero-order valence-electron chi connectivity index (χ0n) is 20.1. The zero-order valence-corrected chi connectivity index (χ0v) is 20.1. The lowest BCUT2D eigenvalue weighted by Gasteiger charge is -2.35. The van der Waals surface area contributed by atoms with Crippen molar-refractivity contribution in [2.75, 3.05) is 13.2 Å². The Kier molecular flexibility index (Phi) is 9.16. The fraction of sp³-hybridized carbons (Fsp3) is 0.357. The van der Waals surface area contributed by atoms with Crippen molar-refractivity contribution in [1.82, 2.24) is 9.88 Å². The molecule has 3 aromatic rings. The van der Waals surface area contributed by atoms with E-state index >= 15 is 0 Å². The molecule has 2 unspecified atom stereocenters. The van der Waals surface area contributed by atoms with Crippen molar-refractivity contribution in [1.29, 1.82) is 0 Å². The lowest BCUT2D eigenvalue weighted by atomic mass is 9.99. The first-order chi connectivity index (χ1) is 16.4. The summed E-state index contributed by atoms with van der Waals surface area (Å²) in [7, 11) is 0. The van der Waals surface area contributed by atoms with Crippen molar-refractivity contribution < 1.29 is 19.0 Å². The molecule has 2 aromatic carbocycles. The molecule has 4 rings (SSSR count). The Labute approximate surface area is 201 Å². The third-order valence-corrected chi connectivity index (χ3v) is 5.89. The van der Waals surface area contributed by atoms with E-state index in [9.17, 15) is 9.18 Å². The Balaban J connectivity index is 0.000000396. The van der Waals surface area contributed by atoms with Crippen LogP contribution in [0.4, 0.5) is 9.18 Å². The highest BCUT2D eigenvalue weighted by atomic mass is 19.1. The van der Waals surface area contributed by atoms with E-state index in [1.165, 1.54) is 12.1 Å². The standard InChI is InChI=1S/C22H28N2O3.C6H5F/c1-15-13-20(14-16(2)23-15)19-8-6-18(7-9-19)17(3)24-11-10-21(5-4-12-25)27-22(24)26;7-6-4-2-1-3-5-6/h6-9,13-14,17,21,25H,4-5,10-12H2,1-3H3;1-5H. The normalized spacial score (nSPS) is 16.3. The SMILES string of the molecule is Cc1cc(-c2ccc(C(C)N3CCC(CCCO)OC3=O)cc2)cc(C)n1.Fc1ccccc1. The number of aromatic nitrogens is 1. The molecular weight excluding hydrogens is 431 g/mol. The molecule has 2 heterocycles. The van der Waals surface area contributed by atoms with Gasteiger partial charge >= 0.3 is 6.09 Å². The molecule has 0 bridgehead atoms. The van der Waals surface area contributed by atoms with Crippen LogP contribution < -0.4 is 0 Å². The van der Waals surface area contributed by atoms with E-state index in [2.05, 4.69) is 41.4 Å². The minimum Gasteiger partial charge on any atom is -0.446 e. The van der Waals surface area contributed by atoms with Gasteiger partial charge in [0.25, 0.3) is 0 Å². The number of hydrogen-bond acceptors (Lipinski definition) is 4. The minimum atomic E-state index is -0.263. The number of cyclic esters (lactones) is 1. The fourth-order valence-electron chi connectivity index (χ4n) is 4.07. The monoisotopic (exact) mass is 464 g/mol. The second-order valence-electron chi connectivity index (χ2n) is 8.59. The van der Waals surface area contributed by atoms with Gasteiger partial charge in [0.1, 0.15) is 11.9 Å². The lowest BCUT2D eigenvalue weighted by Crippen LogP contribution is -2.43. The van der Waals surface area contributed by atoms with Gasteiger partial charge in [-0.15, -0.1) is 0 Å². The van der Waals surface area contributed by atoms with E-state index in [0.717, 1.165) is 40.9 Å². The predicted octanol–water partition coefficient (Wildman–Crippen LogP) is 6.24. The lowest BCUT2D eigenvalue weighted by molar-refractivity contribution is 0.00760. The summed E-state index contributed by atoms with van der Waals surface area (Å²) in [5.74, 6) is -0.178. The third-order valence-electron chi connectivity index (χ3n) is 5.89. The fourth-order valence-corrected chi connectivity index (χ4v) is 4.07. The summed E-state index contributed by atoms with van der Waals surface area (Å²) >= 11 is 0. The topological polar surface area (TPSA) is 62.7 Å². The first-order valence-corrected chi connectivity index (χ1v) is 11.7. The molecule has 5 nitrogen and oxygen atoms in total. The quantitative estimate of drug-likeness (QED) is 0.469. The van der Waals surface area contributed by atoms with Gasteiger partial charge in [-0.3, -0.25) is 4.98 Å². The molecule has 1 aliphatic heterocycles. The van der Waals surface area contributed by atoms with Crippen LogP contribution in [0.1, 0.15) is 49.2 Å². The summed E-state index contributed by atoms with van der Waals surface area (Å²) in [6.07, 6.45) is 1.87. The van der Waals surface area contributed by atoms with E-state index in [0.29, 0.717) is 13.0 Å². The number of nitrogens with zero attached hydrogens (tertiary/aromatic N) is 2. The Bertz CT molecular complexity index is 1040. The Hall–Kier alpha value is -3.25. The van der Waals surface area contributed by atoms with Crippen LogP contribution in [-0.2, 0) is 4.74 Å². The Morgan fingerprint density at radius 3 is 2.24 bits per heavy atom. The van der Waals surface area contributed by atoms with E-state index in [-0.39, 0.29) is 30.7 Å². The first-order valence-electron chi connectivity index (χ1n) is 11.7. The van der Waals surface area contributed by atoms with Crippen LogP contribution in [0, 0.1) is 19.7 Å². The van der Waals surface area contributed by atoms with Crippen molar-refractivity contribution in [2.45, 2.75) is 52.2 Å². The number of aliphatic hydroxyl groups excluding tert-OH is 1. The van der Waals surface area contributed by atoms with Gasteiger partial charge in [0.15, 0.2) is 0 Å². The third kappa shape index (κ3) is 7.12. The summed E-state index contributed by atoms with van der Waals surface area (Å²) in [5.41, 5.74) is 5.41. The number of rotatable bonds is 6. The number of pyridine rings is 1. The largest absolute Gasteiger partial charge is 0.446 e. The molecule has 1 amide bonds. The molecule has 0 aliphatic carbocycles. The average Bonchev–Trinajstić information content (AvgIpc) is 2.83. The van der Waals surface area contributed by atoms with Crippen LogP contribution in [0.15, 0.2) is 66.7 Å². The van der Waals surface area contributed by atoms with Crippen molar-refractivity contribution in [2.24, 2.45) is 0 Å². The number of ether oxygens (including phenoxy) is 1. The van der Waals surface area contributed by atoms with Crippen LogP contribution in [0.25, 0.3) is 11.1 Å². The molecule has 1 N–H and O–H groups in total. The molecule has 2 atom stereocenters. The summed E-state index contributed by atoms with van der Waals surface area (Å²) in [6.45, 7) is 6.86. The molecular formula is C28H33FN2O3. The molecule has 0 radical (unpaired) electrons. The number of amides is 1. The highest BCUT2D eigenvalue weighted by molar-refractivity contribution is 5.69. The zero-order chi connectivity index (χ0) is 24.5. The molecule has 0 spiro atoms. The number of carbonyl (C=O) groups excluding carboxylic acids is 1. The average molecular weight is 465 g/mol. The molecule has 1 saturated heterocycles. The molecule has 1 aromatic heterocycles. The maximum atomic E-state index is 12.4. The van der Waals surface area contributed by atoms with E-state index in [4.69, 9.17) is 9.84 Å². The summed E-state index contributed by atoms with van der Waals surface area (Å²) in [5, 5.41) is 8.93. The number of aryl methyl sites for hydroxylation is 2. The maximum absolute atomic E-state index is 12.4. The highest BCUT2D eigenvalue weighted by Gasteiger charge is 2.30. The number of hydrogen-bond donors (Lipinski definition) is 1. The number of aliphatic hydroxyl groups is 1. The molecule has 180 valence electrons. The second kappa shape index (κ2) is 12.3. The van der Waals surface area contributed by atoms with Crippen LogP contribution in [0.2, 0.25) is 0 Å². The van der Waals surface area contributed by atoms with Crippen molar-refractivity contribution in [3.63, 3.8) is 0 Å². The van der Waals surface area contributed by atoms with Gasteiger partial charge in [0.05, 0.1) is 6.04 Å². The smallest absolute Gasteiger partial charge is 0.410 e. The van der Waals surface area contributed by atoms with Gasteiger partial charge in [-0.25, -0.2) is 9.18 Å². The molecule has 1 fully saturated rings. The van der Waals surface area contributed by atoms with Crippen molar-refractivity contribution in [3.05, 3.63) is 89.5 Å². The predicted molar refractivity (Wildman–Crippen MR) is 132 cm³/mol. The second-order valence-corrected chi connectivity index (χ2v) is 8.59. The Morgan fingerprint density at radius 1 is 1.06 bits per heavy atom. The van der Waals surface area contributed by atoms with Gasteiger partial charge in [0, 0.05) is 31.0 Å². The first kappa shape index (κ1) is 25.4. The maximum Gasteiger partial charge on any atom is 0.410 e. The summed E-state index contributed by atoms with van der Waals surface area (Å²) in [6, 6.07) is 20.4. The minimum absolute atomic E-state index is 0.0359. The van der Waals surface area contributed by atoms with Gasteiger partial charge in [-0.1, -0.05) is 42.5 Å². The Morgan fingerprint density at radius 2 is 1.71 bits per heavy atom. The van der Waals surface area contributed by atoms with Crippen molar-refractivity contribution >= 4 is 6.09 Å². The van der Waals surface area contributed by atoms with E-state index < -0.39 is 0 Å². The molecule has 1 aliphatic rings. The van der Waals surface area contributed by atoms with Gasteiger partial charge in [-0.2, -0.15) is 0 Å². The van der Waals surface area contributed by atoms with E-state index in [1.807, 2.05) is 20.8 Å². The van der Waals surface area contributed by atoms with Gasteiger partial charge in [0.2, 0.25) is 0 Å². The summed E-state index contributed by atoms with van der Waals surface area (Å²) in [4.78, 5) is 18.6. The van der Waals surface area contributed by atoms with Gasteiger partial charge < -0.3 is 14.7 Å². The summed E-state index contributed by atoms with van der Waals surface area (Å²) < 4.78 is 17.4. The number of carbonyl (C=O) groups is 1. The van der Waals surface area contributed by atoms with Crippen LogP contribution >= 0.6 is 0 Å². The van der Waals surface area contributed by atoms with Crippen LogP contribution in [0.5, 0.6) is 0 Å². The molecule has 6 heteroatoms. The van der Waals surface area contributed by atoms with Gasteiger partial charge in [-0.05, 0) is 74.6 Å². The molecule has 34 heavy (non-hydrogen) atoms. The van der Waals surface area contributed by atoms with E-state index in [1.54, 1.807) is 23.1 Å². The number of halogens is 1. The van der Waals surface area contributed by atoms with Crippen LogP contribution in [0.3, 0.4) is 0 Å². The van der Waals surface area contributed by atoms with Crippen LogP contribution in [-0.4, -0.2) is 40.3 Å². The number of benzene rings is 2.